The van der Waals surface area contributed by atoms with E-state index >= 15 is 0 Å². The standard InChI is InChI=1S/C9H20N2O2/c1-7(10)6-9(13)11-5-3-4-8(2)12/h7-8,12H,3-6,10H2,1-2H3,(H,11,13). The van der Waals surface area contributed by atoms with E-state index in [0.717, 1.165) is 12.8 Å². The number of hydrogen-bond donors (Lipinski definition) is 3. The molecule has 0 aromatic rings. The lowest BCUT2D eigenvalue weighted by Gasteiger charge is -2.07. The van der Waals surface area contributed by atoms with Crippen LogP contribution >= 0.6 is 0 Å². The summed E-state index contributed by atoms with van der Waals surface area (Å²) in [5.74, 6) is -0.0133. The van der Waals surface area contributed by atoms with Gasteiger partial charge in [0.2, 0.25) is 5.91 Å². The van der Waals surface area contributed by atoms with Crippen LogP contribution in [0.2, 0.25) is 0 Å². The van der Waals surface area contributed by atoms with E-state index in [4.69, 9.17) is 10.8 Å². The summed E-state index contributed by atoms with van der Waals surface area (Å²) in [7, 11) is 0. The largest absolute Gasteiger partial charge is 0.393 e. The average molecular weight is 188 g/mol. The number of nitrogens with two attached hydrogens (primary N) is 1. The second-order valence-corrected chi connectivity index (χ2v) is 3.52. The molecule has 0 rings (SSSR count). The number of nitrogens with one attached hydrogen (secondary N) is 1. The van der Waals surface area contributed by atoms with Crippen LogP contribution in [0.4, 0.5) is 0 Å². The second kappa shape index (κ2) is 6.86. The first kappa shape index (κ1) is 12.4. The van der Waals surface area contributed by atoms with Crippen molar-refractivity contribution in [2.45, 2.75) is 45.3 Å². The average Bonchev–Trinajstić information content (AvgIpc) is 1.96. The van der Waals surface area contributed by atoms with Crippen molar-refractivity contribution in [3.8, 4) is 0 Å². The molecule has 4 N–H and O–H groups in total. The lowest BCUT2D eigenvalue weighted by molar-refractivity contribution is -0.121. The second-order valence-electron chi connectivity index (χ2n) is 3.52. The van der Waals surface area contributed by atoms with Crippen molar-refractivity contribution in [2.75, 3.05) is 6.54 Å². The van der Waals surface area contributed by atoms with E-state index in [1.54, 1.807) is 13.8 Å². The first-order chi connectivity index (χ1) is 6.02. The van der Waals surface area contributed by atoms with Gasteiger partial charge < -0.3 is 16.2 Å². The van der Waals surface area contributed by atoms with E-state index in [1.165, 1.54) is 0 Å². The summed E-state index contributed by atoms with van der Waals surface area (Å²) in [6.07, 6.45) is 1.61. The summed E-state index contributed by atoms with van der Waals surface area (Å²) < 4.78 is 0. The van der Waals surface area contributed by atoms with E-state index in [0.29, 0.717) is 13.0 Å². The molecule has 0 fully saturated rings. The fraction of sp³-hybridized carbons (Fsp3) is 0.889. The smallest absolute Gasteiger partial charge is 0.221 e. The van der Waals surface area contributed by atoms with Crippen molar-refractivity contribution in [3.63, 3.8) is 0 Å². The highest BCUT2D eigenvalue weighted by molar-refractivity contribution is 5.76. The Labute approximate surface area is 79.5 Å². The number of aliphatic hydroxyl groups is 1. The minimum atomic E-state index is -0.287. The van der Waals surface area contributed by atoms with Crippen molar-refractivity contribution in [1.29, 1.82) is 0 Å². The topological polar surface area (TPSA) is 75.4 Å². The Hall–Kier alpha value is -0.610. The fourth-order valence-electron chi connectivity index (χ4n) is 0.990. The Morgan fingerprint density at radius 3 is 2.62 bits per heavy atom. The number of carbonyl (C=O) groups excluding carboxylic acids is 1. The van der Waals surface area contributed by atoms with Crippen LogP contribution in [0.5, 0.6) is 0 Å². The Morgan fingerprint density at radius 2 is 2.15 bits per heavy atom. The first-order valence-corrected chi connectivity index (χ1v) is 4.72. The Morgan fingerprint density at radius 1 is 1.54 bits per heavy atom. The zero-order valence-electron chi connectivity index (χ0n) is 8.42. The van der Waals surface area contributed by atoms with Gasteiger partial charge in [-0.25, -0.2) is 0 Å². The molecule has 1 amide bonds. The van der Waals surface area contributed by atoms with Gasteiger partial charge >= 0.3 is 0 Å². The number of amides is 1. The van der Waals surface area contributed by atoms with Crippen molar-refractivity contribution >= 4 is 5.91 Å². The molecular weight excluding hydrogens is 168 g/mol. The minimum absolute atomic E-state index is 0.0133. The molecular formula is C9H20N2O2. The molecule has 0 saturated heterocycles. The fourth-order valence-corrected chi connectivity index (χ4v) is 0.990. The summed E-state index contributed by atoms with van der Waals surface area (Å²) in [6, 6.07) is -0.0863. The Bertz CT molecular complexity index is 147. The van der Waals surface area contributed by atoms with E-state index in [9.17, 15) is 4.79 Å². The van der Waals surface area contributed by atoms with Gasteiger partial charge in [0.1, 0.15) is 0 Å². The van der Waals surface area contributed by atoms with Gasteiger partial charge in [-0.2, -0.15) is 0 Å². The van der Waals surface area contributed by atoms with Gasteiger partial charge in [-0.3, -0.25) is 4.79 Å². The van der Waals surface area contributed by atoms with Crippen LogP contribution in [0.3, 0.4) is 0 Å². The van der Waals surface area contributed by atoms with Crippen LogP contribution in [0.1, 0.15) is 33.1 Å². The summed E-state index contributed by atoms with van der Waals surface area (Å²) >= 11 is 0. The lowest BCUT2D eigenvalue weighted by Crippen LogP contribution is -2.30. The van der Waals surface area contributed by atoms with Gasteiger partial charge in [0.15, 0.2) is 0 Å². The van der Waals surface area contributed by atoms with Crippen LogP contribution < -0.4 is 11.1 Å². The molecule has 0 aliphatic heterocycles. The quantitative estimate of drug-likeness (QED) is 0.514. The zero-order valence-corrected chi connectivity index (χ0v) is 8.42. The molecule has 78 valence electrons. The molecule has 2 unspecified atom stereocenters. The van der Waals surface area contributed by atoms with Crippen LogP contribution in [0, 0.1) is 0 Å². The van der Waals surface area contributed by atoms with Gasteiger partial charge in [0.25, 0.3) is 0 Å². The molecule has 0 aliphatic carbocycles. The van der Waals surface area contributed by atoms with E-state index in [2.05, 4.69) is 5.32 Å². The zero-order chi connectivity index (χ0) is 10.3. The lowest BCUT2D eigenvalue weighted by atomic mass is 10.2. The van der Waals surface area contributed by atoms with E-state index < -0.39 is 0 Å². The molecule has 4 heteroatoms. The SMILES string of the molecule is CC(N)CC(=O)NCCCC(C)O. The normalized spacial score (nSPS) is 15.1. The molecule has 0 aromatic carbocycles. The summed E-state index contributed by atoms with van der Waals surface area (Å²) in [6.45, 7) is 4.16. The van der Waals surface area contributed by atoms with Gasteiger partial charge in [-0.1, -0.05) is 0 Å². The Balaban J connectivity index is 3.27. The molecule has 0 bridgehead atoms. The third-order valence-corrected chi connectivity index (χ3v) is 1.63. The Kier molecular flexibility index (Phi) is 6.54. The maximum absolute atomic E-state index is 11.0. The number of hydrogen-bond acceptors (Lipinski definition) is 3. The molecule has 0 aliphatic rings. The molecule has 4 nitrogen and oxygen atoms in total. The summed E-state index contributed by atoms with van der Waals surface area (Å²) in [5.41, 5.74) is 5.44. The molecule has 0 aromatic heterocycles. The van der Waals surface area contributed by atoms with Crippen molar-refractivity contribution in [1.82, 2.24) is 5.32 Å². The maximum Gasteiger partial charge on any atom is 0.221 e. The van der Waals surface area contributed by atoms with Crippen molar-refractivity contribution in [3.05, 3.63) is 0 Å². The molecule has 0 radical (unpaired) electrons. The third kappa shape index (κ3) is 9.30. The minimum Gasteiger partial charge on any atom is -0.393 e. The summed E-state index contributed by atoms with van der Waals surface area (Å²) in [5, 5.41) is 11.7. The first-order valence-electron chi connectivity index (χ1n) is 4.72. The van der Waals surface area contributed by atoms with Crippen LogP contribution in [-0.2, 0) is 4.79 Å². The molecule has 13 heavy (non-hydrogen) atoms. The third-order valence-electron chi connectivity index (χ3n) is 1.63. The molecule has 2 atom stereocenters. The van der Waals surface area contributed by atoms with Gasteiger partial charge in [0, 0.05) is 19.0 Å². The monoisotopic (exact) mass is 188 g/mol. The van der Waals surface area contributed by atoms with E-state index in [1.807, 2.05) is 0 Å². The highest BCUT2D eigenvalue weighted by Crippen LogP contribution is 1.94. The highest BCUT2D eigenvalue weighted by Gasteiger charge is 2.03. The maximum atomic E-state index is 11.0. The van der Waals surface area contributed by atoms with Crippen molar-refractivity contribution < 1.29 is 9.90 Å². The van der Waals surface area contributed by atoms with E-state index in [-0.39, 0.29) is 18.1 Å². The number of rotatable bonds is 6. The van der Waals surface area contributed by atoms with Gasteiger partial charge in [-0.15, -0.1) is 0 Å². The van der Waals surface area contributed by atoms with Crippen LogP contribution in [0.25, 0.3) is 0 Å². The number of carbonyl (C=O) groups is 1. The predicted octanol–water partition coefficient (Wildman–Crippen LogP) is 0.000900. The van der Waals surface area contributed by atoms with Crippen molar-refractivity contribution in [2.24, 2.45) is 5.73 Å². The molecule has 0 heterocycles. The van der Waals surface area contributed by atoms with Crippen LogP contribution in [0.15, 0.2) is 0 Å². The molecule has 0 saturated carbocycles. The van der Waals surface area contributed by atoms with Gasteiger partial charge in [0.05, 0.1) is 6.10 Å². The summed E-state index contributed by atoms with van der Waals surface area (Å²) in [4.78, 5) is 11.0. The molecule has 0 spiro atoms. The van der Waals surface area contributed by atoms with Gasteiger partial charge in [-0.05, 0) is 26.7 Å². The predicted molar refractivity (Wildman–Crippen MR) is 52.2 cm³/mol. The highest BCUT2D eigenvalue weighted by atomic mass is 16.3. The van der Waals surface area contributed by atoms with Crippen LogP contribution in [-0.4, -0.2) is 29.7 Å². The number of aliphatic hydroxyl groups excluding tert-OH is 1.